The lowest BCUT2D eigenvalue weighted by atomic mass is 9.89. The van der Waals surface area contributed by atoms with E-state index >= 15 is 0 Å². The third-order valence-electron chi connectivity index (χ3n) is 3.90. The SMILES string of the molecule is ClCC1(CNCC2CCCCC2)CC1. The molecule has 0 aliphatic heterocycles. The fraction of sp³-hybridized carbons (Fsp3) is 1.00. The van der Waals surface area contributed by atoms with Gasteiger partial charge >= 0.3 is 0 Å². The van der Waals surface area contributed by atoms with Crippen LogP contribution in [0, 0.1) is 11.3 Å². The number of rotatable bonds is 5. The summed E-state index contributed by atoms with van der Waals surface area (Å²) in [7, 11) is 0. The highest BCUT2D eigenvalue weighted by Gasteiger charge is 2.41. The Balaban J connectivity index is 1.58. The molecule has 0 radical (unpaired) electrons. The van der Waals surface area contributed by atoms with Gasteiger partial charge in [-0.25, -0.2) is 0 Å². The summed E-state index contributed by atoms with van der Waals surface area (Å²) in [5, 5.41) is 3.62. The molecule has 1 N–H and O–H groups in total. The predicted octanol–water partition coefficient (Wildman–Crippen LogP) is 3.18. The lowest BCUT2D eigenvalue weighted by Crippen LogP contribution is -2.30. The first-order valence-corrected chi connectivity index (χ1v) is 6.65. The minimum absolute atomic E-state index is 0.496. The molecule has 2 fully saturated rings. The molecule has 0 aromatic carbocycles. The zero-order valence-corrected chi connectivity index (χ0v) is 9.78. The summed E-state index contributed by atoms with van der Waals surface area (Å²) in [4.78, 5) is 0. The van der Waals surface area contributed by atoms with Crippen molar-refractivity contribution in [1.29, 1.82) is 0 Å². The monoisotopic (exact) mass is 215 g/mol. The fourth-order valence-corrected chi connectivity index (χ4v) is 2.83. The Kier molecular flexibility index (Phi) is 3.73. The van der Waals surface area contributed by atoms with Crippen molar-refractivity contribution in [2.45, 2.75) is 44.9 Å². The summed E-state index contributed by atoms with van der Waals surface area (Å²) in [6, 6.07) is 0. The third-order valence-corrected chi connectivity index (χ3v) is 4.47. The molecular formula is C12H22ClN. The third kappa shape index (κ3) is 2.87. The van der Waals surface area contributed by atoms with Crippen LogP contribution in [0.2, 0.25) is 0 Å². The molecule has 2 heteroatoms. The van der Waals surface area contributed by atoms with E-state index in [1.54, 1.807) is 0 Å². The van der Waals surface area contributed by atoms with E-state index in [0.717, 1.165) is 18.3 Å². The lowest BCUT2D eigenvalue weighted by molar-refractivity contribution is 0.332. The van der Waals surface area contributed by atoms with E-state index < -0.39 is 0 Å². The molecule has 0 saturated heterocycles. The number of hydrogen-bond acceptors (Lipinski definition) is 1. The van der Waals surface area contributed by atoms with Crippen LogP contribution < -0.4 is 5.32 Å². The molecule has 2 aliphatic carbocycles. The second-order valence-electron chi connectivity index (χ2n) is 5.27. The molecule has 2 aliphatic rings. The summed E-state index contributed by atoms with van der Waals surface area (Å²) < 4.78 is 0. The van der Waals surface area contributed by atoms with Crippen LogP contribution in [0.4, 0.5) is 0 Å². The Hall–Kier alpha value is 0.250. The van der Waals surface area contributed by atoms with Gasteiger partial charge in [0.1, 0.15) is 0 Å². The summed E-state index contributed by atoms with van der Waals surface area (Å²) >= 11 is 5.94. The van der Waals surface area contributed by atoms with Gasteiger partial charge < -0.3 is 5.32 Å². The predicted molar refractivity (Wildman–Crippen MR) is 61.8 cm³/mol. The van der Waals surface area contributed by atoms with Crippen molar-refractivity contribution >= 4 is 11.6 Å². The van der Waals surface area contributed by atoms with Crippen LogP contribution in [0.25, 0.3) is 0 Å². The van der Waals surface area contributed by atoms with Gasteiger partial charge in [-0.2, -0.15) is 0 Å². The number of nitrogens with one attached hydrogen (secondary N) is 1. The topological polar surface area (TPSA) is 12.0 Å². The van der Waals surface area contributed by atoms with Crippen molar-refractivity contribution in [2.24, 2.45) is 11.3 Å². The highest BCUT2D eigenvalue weighted by Crippen LogP contribution is 2.45. The largest absolute Gasteiger partial charge is 0.316 e. The number of halogens is 1. The van der Waals surface area contributed by atoms with E-state index in [2.05, 4.69) is 5.32 Å². The minimum atomic E-state index is 0.496. The van der Waals surface area contributed by atoms with Crippen molar-refractivity contribution in [1.82, 2.24) is 5.32 Å². The maximum Gasteiger partial charge on any atom is 0.0292 e. The minimum Gasteiger partial charge on any atom is -0.316 e. The second kappa shape index (κ2) is 4.85. The van der Waals surface area contributed by atoms with Gasteiger partial charge in [0.25, 0.3) is 0 Å². The van der Waals surface area contributed by atoms with Crippen molar-refractivity contribution in [3.63, 3.8) is 0 Å². The zero-order valence-electron chi connectivity index (χ0n) is 9.03. The first-order valence-electron chi connectivity index (χ1n) is 6.11. The van der Waals surface area contributed by atoms with E-state index in [0.29, 0.717) is 5.41 Å². The van der Waals surface area contributed by atoms with Crippen molar-refractivity contribution in [2.75, 3.05) is 19.0 Å². The van der Waals surface area contributed by atoms with Crippen LogP contribution in [0.1, 0.15) is 44.9 Å². The van der Waals surface area contributed by atoms with Crippen molar-refractivity contribution in [3.05, 3.63) is 0 Å². The summed E-state index contributed by atoms with van der Waals surface area (Å²) in [6.45, 7) is 2.39. The summed E-state index contributed by atoms with van der Waals surface area (Å²) in [6.07, 6.45) is 9.94. The molecule has 0 amide bonds. The zero-order chi connectivity index (χ0) is 9.86. The Bertz CT molecular complexity index is 171. The van der Waals surface area contributed by atoms with Crippen molar-refractivity contribution in [3.8, 4) is 0 Å². The smallest absolute Gasteiger partial charge is 0.0292 e. The summed E-state index contributed by atoms with van der Waals surface area (Å²) in [5.41, 5.74) is 0.496. The maximum absolute atomic E-state index is 5.94. The average Bonchev–Trinajstić information content (AvgIpc) is 3.00. The maximum atomic E-state index is 5.94. The highest BCUT2D eigenvalue weighted by atomic mass is 35.5. The van der Waals surface area contributed by atoms with E-state index in [9.17, 15) is 0 Å². The fourth-order valence-electron chi connectivity index (χ4n) is 2.47. The first kappa shape index (κ1) is 10.8. The van der Waals surface area contributed by atoms with Crippen LogP contribution >= 0.6 is 11.6 Å². The van der Waals surface area contributed by atoms with Crippen LogP contribution in [-0.2, 0) is 0 Å². The molecule has 0 bridgehead atoms. The Labute approximate surface area is 92.6 Å². The van der Waals surface area contributed by atoms with Gasteiger partial charge in [-0.3, -0.25) is 0 Å². The Morgan fingerprint density at radius 2 is 1.86 bits per heavy atom. The highest BCUT2D eigenvalue weighted by molar-refractivity contribution is 6.18. The molecule has 0 unspecified atom stereocenters. The van der Waals surface area contributed by atoms with E-state index in [-0.39, 0.29) is 0 Å². The molecule has 0 aromatic heterocycles. The standard InChI is InChI=1S/C12H22ClN/c13-9-12(6-7-12)10-14-8-11-4-2-1-3-5-11/h11,14H,1-10H2. The van der Waals surface area contributed by atoms with Gasteiger partial charge in [-0.05, 0) is 43.6 Å². The van der Waals surface area contributed by atoms with Crippen LogP contribution in [-0.4, -0.2) is 19.0 Å². The van der Waals surface area contributed by atoms with Crippen LogP contribution in [0.5, 0.6) is 0 Å². The molecule has 1 nitrogen and oxygen atoms in total. The quantitative estimate of drug-likeness (QED) is 0.695. The molecule has 82 valence electrons. The van der Waals surface area contributed by atoms with Crippen molar-refractivity contribution < 1.29 is 0 Å². The molecule has 0 spiro atoms. The van der Waals surface area contributed by atoms with Gasteiger partial charge in [0, 0.05) is 12.4 Å². The normalized spacial score (nSPS) is 26.4. The number of hydrogen-bond donors (Lipinski definition) is 1. The molecule has 0 atom stereocenters. The van der Waals surface area contributed by atoms with Gasteiger partial charge in [0.15, 0.2) is 0 Å². The van der Waals surface area contributed by atoms with Gasteiger partial charge in [-0.1, -0.05) is 19.3 Å². The second-order valence-corrected chi connectivity index (χ2v) is 5.54. The van der Waals surface area contributed by atoms with Gasteiger partial charge in [0.2, 0.25) is 0 Å². The molecule has 0 heterocycles. The Morgan fingerprint density at radius 3 is 2.43 bits per heavy atom. The van der Waals surface area contributed by atoms with E-state index in [1.807, 2.05) is 0 Å². The number of alkyl halides is 1. The van der Waals surface area contributed by atoms with Crippen LogP contribution in [0.3, 0.4) is 0 Å². The van der Waals surface area contributed by atoms with E-state index in [4.69, 9.17) is 11.6 Å². The molecule has 14 heavy (non-hydrogen) atoms. The van der Waals surface area contributed by atoms with E-state index in [1.165, 1.54) is 51.5 Å². The lowest BCUT2D eigenvalue weighted by Gasteiger charge is -2.23. The van der Waals surface area contributed by atoms with Crippen LogP contribution in [0.15, 0.2) is 0 Å². The first-order chi connectivity index (χ1) is 6.85. The average molecular weight is 216 g/mol. The van der Waals surface area contributed by atoms with Gasteiger partial charge in [-0.15, -0.1) is 11.6 Å². The summed E-state index contributed by atoms with van der Waals surface area (Å²) in [5.74, 6) is 1.81. The Morgan fingerprint density at radius 1 is 1.14 bits per heavy atom. The molecule has 0 aromatic rings. The van der Waals surface area contributed by atoms with Gasteiger partial charge in [0.05, 0.1) is 0 Å². The molecule has 2 saturated carbocycles. The molecule has 2 rings (SSSR count). The molecular weight excluding hydrogens is 194 g/mol.